The number of hydrogen-bond donors (Lipinski definition) is 0. The quantitative estimate of drug-likeness (QED) is 0.437. The molecule has 72 valence electrons. The van der Waals surface area contributed by atoms with Crippen molar-refractivity contribution in [1.82, 2.24) is 9.97 Å². The smallest absolute Gasteiger partial charge is 0.188 e. The molecule has 0 aliphatic heterocycles. The van der Waals surface area contributed by atoms with E-state index in [1.165, 1.54) is 0 Å². The van der Waals surface area contributed by atoms with Crippen LogP contribution in [-0.4, -0.2) is 21.5 Å². The summed E-state index contributed by atoms with van der Waals surface area (Å²) in [6, 6.07) is 2.04. The zero-order valence-corrected chi connectivity index (χ0v) is 9.84. The molecule has 0 saturated carbocycles. The van der Waals surface area contributed by atoms with Crippen molar-refractivity contribution in [2.75, 3.05) is 11.5 Å². The Kier molecular flexibility index (Phi) is 4.59. The molecule has 13 heavy (non-hydrogen) atoms. The molecular formula is C9H14N2S2. The molecule has 1 heterocycles. The van der Waals surface area contributed by atoms with E-state index in [-0.39, 0.29) is 0 Å². The summed E-state index contributed by atoms with van der Waals surface area (Å²) in [4.78, 5) is 8.77. The maximum Gasteiger partial charge on any atom is 0.188 e. The van der Waals surface area contributed by atoms with Crippen LogP contribution in [0.3, 0.4) is 0 Å². The van der Waals surface area contributed by atoms with Gasteiger partial charge in [0.05, 0.1) is 0 Å². The molecule has 0 amide bonds. The van der Waals surface area contributed by atoms with E-state index < -0.39 is 0 Å². The van der Waals surface area contributed by atoms with Gasteiger partial charge in [-0.1, -0.05) is 25.6 Å². The molecular weight excluding hydrogens is 200 g/mol. The van der Waals surface area contributed by atoms with Gasteiger partial charge in [-0.3, -0.25) is 0 Å². The van der Waals surface area contributed by atoms with Crippen LogP contribution in [0.1, 0.15) is 19.5 Å². The lowest BCUT2D eigenvalue weighted by Gasteiger charge is -2.02. The van der Waals surface area contributed by atoms with E-state index in [2.05, 4.69) is 23.8 Å². The fourth-order valence-corrected chi connectivity index (χ4v) is 2.32. The van der Waals surface area contributed by atoms with E-state index in [1.807, 2.05) is 13.0 Å². The molecule has 1 aromatic heterocycles. The Morgan fingerprint density at radius 1 is 1.15 bits per heavy atom. The Labute approximate surface area is 87.9 Å². The van der Waals surface area contributed by atoms with Crippen molar-refractivity contribution in [3.63, 3.8) is 0 Å². The first-order chi connectivity index (χ1) is 6.26. The van der Waals surface area contributed by atoms with Gasteiger partial charge >= 0.3 is 0 Å². The number of hydrogen-bond acceptors (Lipinski definition) is 4. The first kappa shape index (κ1) is 10.9. The summed E-state index contributed by atoms with van der Waals surface area (Å²) in [7, 11) is 0. The van der Waals surface area contributed by atoms with Crippen molar-refractivity contribution in [2.45, 2.75) is 31.0 Å². The molecule has 0 fully saturated rings. The average Bonchev–Trinajstić information content (AvgIpc) is 2.04. The molecule has 0 atom stereocenters. The van der Waals surface area contributed by atoms with E-state index in [9.17, 15) is 0 Å². The third-order valence-electron chi connectivity index (χ3n) is 1.38. The van der Waals surface area contributed by atoms with Gasteiger partial charge < -0.3 is 0 Å². The summed E-state index contributed by atoms with van der Waals surface area (Å²) in [6.45, 7) is 6.26. The normalized spacial score (nSPS) is 10.4. The number of rotatable bonds is 4. The molecule has 1 rings (SSSR count). The van der Waals surface area contributed by atoms with Crippen LogP contribution in [0.15, 0.2) is 16.2 Å². The van der Waals surface area contributed by atoms with E-state index in [1.54, 1.807) is 23.5 Å². The van der Waals surface area contributed by atoms with Gasteiger partial charge in [0.15, 0.2) is 5.16 Å². The summed E-state index contributed by atoms with van der Waals surface area (Å²) in [5.74, 6) is 2.09. The maximum absolute atomic E-state index is 4.43. The third-order valence-corrected chi connectivity index (χ3v) is 2.90. The van der Waals surface area contributed by atoms with Crippen molar-refractivity contribution < 1.29 is 0 Å². The lowest BCUT2D eigenvalue weighted by Crippen LogP contribution is -1.92. The molecule has 0 unspecified atom stereocenters. The van der Waals surface area contributed by atoms with Crippen LogP contribution in [0, 0.1) is 6.92 Å². The summed E-state index contributed by atoms with van der Waals surface area (Å²) < 4.78 is 0. The Hall–Kier alpha value is -0.220. The van der Waals surface area contributed by atoms with Crippen molar-refractivity contribution in [2.24, 2.45) is 0 Å². The van der Waals surface area contributed by atoms with E-state index in [4.69, 9.17) is 0 Å². The minimum Gasteiger partial charge on any atom is -0.228 e. The first-order valence-corrected chi connectivity index (χ1v) is 6.34. The molecule has 0 radical (unpaired) electrons. The highest BCUT2D eigenvalue weighted by molar-refractivity contribution is 7.99. The van der Waals surface area contributed by atoms with Crippen LogP contribution in [0.25, 0.3) is 0 Å². The fraction of sp³-hybridized carbons (Fsp3) is 0.556. The lowest BCUT2D eigenvalue weighted by atomic mass is 10.5. The maximum atomic E-state index is 4.43. The van der Waals surface area contributed by atoms with Gasteiger partial charge in [-0.15, -0.1) is 11.8 Å². The van der Waals surface area contributed by atoms with E-state index in [0.29, 0.717) is 0 Å². The van der Waals surface area contributed by atoms with Crippen molar-refractivity contribution in [3.05, 3.63) is 11.8 Å². The van der Waals surface area contributed by atoms with Crippen molar-refractivity contribution in [3.8, 4) is 0 Å². The highest BCUT2D eigenvalue weighted by atomic mass is 32.2. The predicted molar refractivity (Wildman–Crippen MR) is 59.6 cm³/mol. The van der Waals surface area contributed by atoms with Gasteiger partial charge in [0.25, 0.3) is 0 Å². The minimum atomic E-state index is 0.901. The second kappa shape index (κ2) is 5.50. The Morgan fingerprint density at radius 3 is 2.46 bits per heavy atom. The highest BCUT2D eigenvalue weighted by Gasteiger charge is 2.01. The molecule has 2 nitrogen and oxygen atoms in total. The molecule has 4 heteroatoms. The largest absolute Gasteiger partial charge is 0.228 e. The molecule has 0 bridgehead atoms. The van der Waals surface area contributed by atoms with Gasteiger partial charge in [0.1, 0.15) is 5.03 Å². The second-order valence-electron chi connectivity index (χ2n) is 2.50. The van der Waals surface area contributed by atoms with Crippen LogP contribution < -0.4 is 0 Å². The Morgan fingerprint density at radius 2 is 1.85 bits per heavy atom. The van der Waals surface area contributed by atoms with Gasteiger partial charge in [-0.2, -0.15) is 0 Å². The monoisotopic (exact) mass is 214 g/mol. The SMILES string of the molecule is CCSc1cc(C)nc(SCC)n1. The summed E-state index contributed by atoms with van der Waals surface area (Å²) in [6.07, 6.45) is 0. The van der Waals surface area contributed by atoms with Crippen LogP contribution >= 0.6 is 23.5 Å². The van der Waals surface area contributed by atoms with Crippen LogP contribution in [0.5, 0.6) is 0 Å². The van der Waals surface area contributed by atoms with Crippen LogP contribution in [0.2, 0.25) is 0 Å². The van der Waals surface area contributed by atoms with E-state index in [0.717, 1.165) is 27.4 Å². The molecule has 0 N–H and O–H groups in total. The Bertz CT molecular complexity index is 252. The summed E-state index contributed by atoms with van der Waals surface area (Å²) in [5, 5.41) is 1.99. The molecule has 0 saturated heterocycles. The van der Waals surface area contributed by atoms with Gasteiger partial charge in [-0.25, -0.2) is 9.97 Å². The second-order valence-corrected chi connectivity index (χ2v) is 5.01. The minimum absolute atomic E-state index is 0.901. The van der Waals surface area contributed by atoms with Crippen LogP contribution in [0.4, 0.5) is 0 Å². The number of thioether (sulfide) groups is 2. The molecule has 0 aliphatic carbocycles. The van der Waals surface area contributed by atoms with Crippen LogP contribution in [-0.2, 0) is 0 Å². The lowest BCUT2D eigenvalue weighted by molar-refractivity contribution is 0.865. The zero-order valence-electron chi connectivity index (χ0n) is 8.20. The molecule has 0 aromatic carbocycles. The van der Waals surface area contributed by atoms with Gasteiger partial charge in [-0.05, 0) is 24.5 Å². The number of aromatic nitrogens is 2. The summed E-state index contributed by atoms with van der Waals surface area (Å²) in [5.41, 5.74) is 1.06. The van der Waals surface area contributed by atoms with Gasteiger partial charge in [0.2, 0.25) is 0 Å². The summed E-state index contributed by atoms with van der Waals surface area (Å²) >= 11 is 3.46. The highest BCUT2D eigenvalue weighted by Crippen LogP contribution is 2.20. The van der Waals surface area contributed by atoms with E-state index >= 15 is 0 Å². The molecule has 0 spiro atoms. The Balaban J connectivity index is 2.83. The predicted octanol–water partition coefficient (Wildman–Crippen LogP) is 3.01. The first-order valence-electron chi connectivity index (χ1n) is 4.37. The fourth-order valence-electron chi connectivity index (χ4n) is 0.929. The number of nitrogens with zero attached hydrogens (tertiary/aromatic N) is 2. The zero-order chi connectivity index (χ0) is 9.68. The molecule has 1 aromatic rings. The van der Waals surface area contributed by atoms with Crippen molar-refractivity contribution in [1.29, 1.82) is 0 Å². The third kappa shape index (κ3) is 3.56. The standard InChI is InChI=1S/C9H14N2S2/c1-4-12-8-6-7(3)10-9(11-8)13-5-2/h6H,4-5H2,1-3H3. The van der Waals surface area contributed by atoms with Gasteiger partial charge in [0, 0.05) is 5.69 Å². The average molecular weight is 214 g/mol. The van der Waals surface area contributed by atoms with Crippen molar-refractivity contribution >= 4 is 23.5 Å². The topological polar surface area (TPSA) is 25.8 Å². The number of aryl methyl sites for hydroxylation is 1. The molecule has 0 aliphatic rings.